The van der Waals surface area contributed by atoms with Gasteiger partial charge in [-0.25, -0.2) is 18.7 Å². The van der Waals surface area contributed by atoms with Gasteiger partial charge in [0.25, 0.3) is 6.43 Å². The molecule has 0 bridgehead atoms. The van der Waals surface area contributed by atoms with Gasteiger partial charge in [0.05, 0.1) is 0 Å². The van der Waals surface area contributed by atoms with Gasteiger partial charge in [-0.15, -0.1) is 0 Å². The Bertz CT molecular complexity index is 608. The molecule has 0 radical (unpaired) electrons. The first-order valence-electron chi connectivity index (χ1n) is 7.24. The van der Waals surface area contributed by atoms with Gasteiger partial charge in [0.15, 0.2) is 0 Å². The van der Waals surface area contributed by atoms with Crippen molar-refractivity contribution in [1.29, 1.82) is 0 Å². The predicted molar refractivity (Wildman–Crippen MR) is 80.3 cm³/mol. The third-order valence-corrected chi connectivity index (χ3v) is 3.75. The van der Waals surface area contributed by atoms with E-state index in [1.807, 2.05) is 17.0 Å². The van der Waals surface area contributed by atoms with Gasteiger partial charge in [-0.3, -0.25) is 4.98 Å². The standard InChI is InChI=1S/C15H17F2N5/c16-15(17)13-10-14(20-11-19-13)22-7-1-6-21(8-9-22)12-2-4-18-5-3-12/h2-5,10-11,15H,1,6-9H2. The number of hydrogen-bond donors (Lipinski definition) is 0. The summed E-state index contributed by atoms with van der Waals surface area (Å²) in [5.41, 5.74) is 0.910. The molecule has 1 saturated heterocycles. The van der Waals surface area contributed by atoms with E-state index in [9.17, 15) is 8.78 Å². The molecular formula is C15H17F2N5. The lowest BCUT2D eigenvalue weighted by atomic mass is 10.3. The number of aromatic nitrogens is 3. The van der Waals surface area contributed by atoms with Crippen LogP contribution < -0.4 is 9.80 Å². The van der Waals surface area contributed by atoms with Gasteiger partial charge in [-0.1, -0.05) is 0 Å². The molecule has 0 amide bonds. The molecule has 0 aliphatic carbocycles. The molecule has 0 saturated carbocycles. The Morgan fingerprint density at radius 2 is 1.68 bits per heavy atom. The molecule has 3 heterocycles. The van der Waals surface area contributed by atoms with Crippen LogP contribution in [0.4, 0.5) is 20.3 Å². The second-order valence-electron chi connectivity index (χ2n) is 5.13. The molecule has 5 nitrogen and oxygen atoms in total. The topological polar surface area (TPSA) is 45.2 Å². The van der Waals surface area contributed by atoms with E-state index < -0.39 is 6.43 Å². The minimum absolute atomic E-state index is 0.222. The highest BCUT2D eigenvalue weighted by molar-refractivity contribution is 5.46. The van der Waals surface area contributed by atoms with Crippen molar-refractivity contribution in [3.05, 3.63) is 42.6 Å². The minimum Gasteiger partial charge on any atom is -0.370 e. The monoisotopic (exact) mass is 305 g/mol. The minimum atomic E-state index is -2.57. The molecule has 0 unspecified atom stereocenters. The third kappa shape index (κ3) is 3.29. The summed E-state index contributed by atoms with van der Waals surface area (Å²) in [6.07, 6.45) is 3.13. The van der Waals surface area contributed by atoms with E-state index in [1.165, 1.54) is 12.4 Å². The zero-order valence-corrected chi connectivity index (χ0v) is 12.1. The maximum Gasteiger partial charge on any atom is 0.280 e. The predicted octanol–water partition coefficient (Wildman–Crippen LogP) is 2.53. The molecule has 2 aromatic heterocycles. The van der Waals surface area contributed by atoms with Crippen LogP contribution in [0.2, 0.25) is 0 Å². The summed E-state index contributed by atoms with van der Waals surface area (Å²) in [5.74, 6) is 0.571. The van der Waals surface area contributed by atoms with Crippen LogP contribution >= 0.6 is 0 Å². The average Bonchev–Trinajstić information content (AvgIpc) is 2.82. The van der Waals surface area contributed by atoms with Gasteiger partial charge in [0, 0.05) is 50.3 Å². The van der Waals surface area contributed by atoms with Crippen molar-refractivity contribution in [1.82, 2.24) is 15.0 Å². The number of hydrogen-bond acceptors (Lipinski definition) is 5. The van der Waals surface area contributed by atoms with Crippen LogP contribution in [-0.2, 0) is 0 Å². The quantitative estimate of drug-likeness (QED) is 0.872. The third-order valence-electron chi connectivity index (χ3n) is 3.75. The normalized spacial score (nSPS) is 16.0. The number of rotatable bonds is 3. The first-order valence-corrected chi connectivity index (χ1v) is 7.24. The van der Waals surface area contributed by atoms with Crippen LogP contribution in [-0.4, -0.2) is 41.1 Å². The van der Waals surface area contributed by atoms with Crippen LogP contribution in [0.5, 0.6) is 0 Å². The van der Waals surface area contributed by atoms with E-state index >= 15 is 0 Å². The van der Waals surface area contributed by atoms with Crippen LogP contribution in [0, 0.1) is 0 Å². The lowest BCUT2D eigenvalue weighted by molar-refractivity contribution is 0.146. The molecule has 7 heteroatoms. The summed E-state index contributed by atoms with van der Waals surface area (Å²) in [6.45, 7) is 3.27. The van der Waals surface area contributed by atoms with E-state index in [1.54, 1.807) is 12.4 Å². The lowest BCUT2D eigenvalue weighted by Crippen LogP contribution is -2.31. The molecular weight excluding hydrogens is 288 g/mol. The number of pyridine rings is 1. The van der Waals surface area contributed by atoms with Crippen molar-refractivity contribution in [3.63, 3.8) is 0 Å². The maximum atomic E-state index is 12.8. The highest BCUT2D eigenvalue weighted by Gasteiger charge is 2.18. The first kappa shape index (κ1) is 14.6. The van der Waals surface area contributed by atoms with E-state index in [-0.39, 0.29) is 5.69 Å². The van der Waals surface area contributed by atoms with Gasteiger partial charge in [-0.2, -0.15) is 0 Å². The molecule has 2 aromatic rings. The molecule has 116 valence electrons. The molecule has 0 N–H and O–H groups in total. The fraction of sp³-hybridized carbons (Fsp3) is 0.400. The fourth-order valence-corrected chi connectivity index (χ4v) is 2.61. The van der Waals surface area contributed by atoms with Crippen molar-refractivity contribution < 1.29 is 8.78 Å². The molecule has 0 spiro atoms. The summed E-state index contributed by atoms with van der Waals surface area (Å²) in [7, 11) is 0. The number of nitrogens with zero attached hydrogens (tertiary/aromatic N) is 5. The summed E-state index contributed by atoms with van der Waals surface area (Å²) >= 11 is 0. The van der Waals surface area contributed by atoms with Gasteiger partial charge in [0.1, 0.15) is 17.8 Å². The largest absolute Gasteiger partial charge is 0.370 e. The molecule has 1 aliphatic heterocycles. The van der Waals surface area contributed by atoms with Crippen molar-refractivity contribution in [3.8, 4) is 0 Å². The molecule has 22 heavy (non-hydrogen) atoms. The Morgan fingerprint density at radius 3 is 2.45 bits per heavy atom. The molecule has 1 aliphatic rings. The van der Waals surface area contributed by atoms with Gasteiger partial charge >= 0.3 is 0 Å². The van der Waals surface area contributed by atoms with E-state index in [4.69, 9.17) is 0 Å². The molecule has 0 aromatic carbocycles. The van der Waals surface area contributed by atoms with E-state index in [2.05, 4.69) is 19.9 Å². The van der Waals surface area contributed by atoms with Crippen LogP contribution in [0.25, 0.3) is 0 Å². The fourth-order valence-electron chi connectivity index (χ4n) is 2.61. The summed E-state index contributed by atoms with van der Waals surface area (Å²) in [5, 5.41) is 0. The van der Waals surface area contributed by atoms with Gasteiger partial charge in [-0.05, 0) is 18.6 Å². The van der Waals surface area contributed by atoms with Crippen molar-refractivity contribution >= 4 is 11.5 Å². The van der Waals surface area contributed by atoms with Crippen LogP contribution in [0.3, 0.4) is 0 Å². The zero-order chi connectivity index (χ0) is 15.4. The lowest BCUT2D eigenvalue weighted by Gasteiger charge is -2.24. The van der Waals surface area contributed by atoms with Crippen LogP contribution in [0.15, 0.2) is 36.9 Å². The molecule has 1 fully saturated rings. The average molecular weight is 305 g/mol. The highest BCUT2D eigenvalue weighted by Crippen LogP contribution is 2.22. The van der Waals surface area contributed by atoms with Gasteiger partial charge in [0.2, 0.25) is 0 Å². The Balaban J connectivity index is 1.71. The highest BCUT2D eigenvalue weighted by atomic mass is 19.3. The zero-order valence-electron chi connectivity index (χ0n) is 12.1. The Hall–Kier alpha value is -2.31. The van der Waals surface area contributed by atoms with Crippen molar-refractivity contribution in [2.75, 3.05) is 36.0 Å². The SMILES string of the molecule is FC(F)c1cc(N2CCCN(c3ccncc3)CC2)ncn1. The van der Waals surface area contributed by atoms with Gasteiger partial charge < -0.3 is 9.80 Å². The summed E-state index contributed by atoms with van der Waals surface area (Å²) in [6, 6.07) is 5.34. The number of halogens is 2. The Labute approximate surface area is 127 Å². The first-order chi connectivity index (χ1) is 10.7. The Morgan fingerprint density at radius 1 is 0.955 bits per heavy atom. The molecule has 3 rings (SSSR count). The maximum absolute atomic E-state index is 12.8. The van der Waals surface area contributed by atoms with Crippen LogP contribution in [0.1, 0.15) is 18.5 Å². The second-order valence-corrected chi connectivity index (χ2v) is 5.13. The van der Waals surface area contributed by atoms with E-state index in [0.29, 0.717) is 5.82 Å². The smallest absolute Gasteiger partial charge is 0.280 e. The number of alkyl halides is 2. The van der Waals surface area contributed by atoms with Crippen molar-refractivity contribution in [2.24, 2.45) is 0 Å². The summed E-state index contributed by atoms with van der Waals surface area (Å²) in [4.78, 5) is 16.1. The second kappa shape index (κ2) is 6.64. The van der Waals surface area contributed by atoms with E-state index in [0.717, 1.165) is 38.3 Å². The summed E-state index contributed by atoms with van der Waals surface area (Å²) < 4.78 is 25.5. The Kier molecular flexibility index (Phi) is 4.41. The molecule has 0 atom stereocenters. The number of anilines is 2. The van der Waals surface area contributed by atoms with Crippen molar-refractivity contribution in [2.45, 2.75) is 12.8 Å².